The topological polar surface area (TPSA) is 121 Å². The molecule has 0 aliphatic carbocycles. The highest BCUT2D eigenvalue weighted by atomic mass is 16.5. The molecule has 0 spiro atoms. The average molecular weight is 546 g/mol. The van der Waals surface area contributed by atoms with E-state index < -0.39 is 18.0 Å². The summed E-state index contributed by atoms with van der Waals surface area (Å²) in [5, 5.41) is 16.9. The minimum atomic E-state index is -0.601. The highest BCUT2D eigenvalue weighted by Crippen LogP contribution is 2.20. The zero-order valence-corrected chi connectivity index (χ0v) is 22.8. The van der Waals surface area contributed by atoms with Crippen molar-refractivity contribution in [2.75, 3.05) is 13.2 Å². The van der Waals surface area contributed by atoms with Gasteiger partial charge >= 0.3 is 5.97 Å². The maximum absolute atomic E-state index is 13.5. The average Bonchev–Trinajstić information content (AvgIpc) is 3.37. The molecule has 8 nitrogen and oxygen atoms in total. The second-order valence-electron chi connectivity index (χ2n) is 10.4. The van der Waals surface area contributed by atoms with Crippen molar-refractivity contribution in [3.63, 3.8) is 0 Å². The number of ether oxygens (including phenoxy) is 1. The highest BCUT2D eigenvalue weighted by molar-refractivity contribution is 5.86. The van der Waals surface area contributed by atoms with Crippen molar-refractivity contribution in [1.29, 1.82) is 0 Å². The third kappa shape index (κ3) is 8.81. The van der Waals surface area contributed by atoms with Gasteiger partial charge in [0, 0.05) is 29.9 Å². The van der Waals surface area contributed by atoms with Crippen molar-refractivity contribution < 1.29 is 24.2 Å². The molecular formula is C32H39N3O5. The van der Waals surface area contributed by atoms with E-state index in [1.807, 2.05) is 72.9 Å². The number of fused-ring (bicyclic) bond motifs is 1. The Labute approximate surface area is 235 Å². The number of rotatable bonds is 8. The molecule has 0 fully saturated rings. The fourth-order valence-electron chi connectivity index (χ4n) is 5.07. The fraction of sp³-hybridized carbons (Fsp3) is 0.406. The number of para-hydroxylation sites is 1. The lowest BCUT2D eigenvalue weighted by Crippen LogP contribution is -2.45. The summed E-state index contributed by atoms with van der Waals surface area (Å²) >= 11 is 0. The molecule has 1 aliphatic heterocycles. The molecule has 0 radical (unpaired) electrons. The molecule has 3 atom stereocenters. The molecule has 2 aromatic carbocycles. The van der Waals surface area contributed by atoms with Crippen LogP contribution in [0.25, 0.3) is 10.9 Å². The van der Waals surface area contributed by atoms with Crippen LogP contribution in [0.15, 0.2) is 72.9 Å². The van der Waals surface area contributed by atoms with E-state index in [-0.39, 0.29) is 37.4 Å². The van der Waals surface area contributed by atoms with Crippen LogP contribution in [0, 0.1) is 5.92 Å². The first-order valence-corrected chi connectivity index (χ1v) is 14.1. The Balaban J connectivity index is 1.46. The molecule has 0 saturated carbocycles. The van der Waals surface area contributed by atoms with Gasteiger partial charge in [0.2, 0.25) is 11.8 Å². The largest absolute Gasteiger partial charge is 0.463 e. The van der Waals surface area contributed by atoms with E-state index in [0.29, 0.717) is 25.7 Å². The summed E-state index contributed by atoms with van der Waals surface area (Å²) in [5.41, 5.74) is 3.02. The minimum Gasteiger partial charge on any atom is -0.463 e. The predicted molar refractivity (Wildman–Crippen MR) is 154 cm³/mol. The lowest BCUT2D eigenvalue weighted by Gasteiger charge is -2.23. The van der Waals surface area contributed by atoms with Crippen molar-refractivity contribution in [1.82, 2.24) is 15.6 Å². The minimum absolute atomic E-state index is 0.0128. The summed E-state index contributed by atoms with van der Waals surface area (Å²) in [7, 11) is 0. The van der Waals surface area contributed by atoms with Gasteiger partial charge in [0.25, 0.3) is 0 Å². The summed E-state index contributed by atoms with van der Waals surface area (Å²) in [6.07, 6.45) is 9.97. The van der Waals surface area contributed by atoms with Crippen LogP contribution in [0.2, 0.25) is 0 Å². The maximum Gasteiger partial charge on any atom is 0.305 e. The van der Waals surface area contributed by atoms with Gasteiger partial charge in [0.15, 0.2) is 0 Å². The number of hydrogen-bond donors (Lipinski definition) is 4. The van der Waals surface area contributed by atoms with Crippen molar-refractivity contribution in [2.24, 2.45) is 5.92 Å². The van der Waals surface area contributed by atoms with Crippen LogP contribution in [-0.4, -0.2) is 53.2 Å². The van der Waals surface area contributed by atoms with Gasteiger partial charge in [0.05, 0.1) is 24.6 Å². The van der Waals surface area contributed by atoms with E-state index in [1.54, 1.807) is 0 Å². The number of amides is 2. The SMILES string of the molecule is O=C(C[C@H]1CC=CCCCCC(=O)OC[C@H](Cc2c[nH]c3ccccc23)NC1=O)N[C@@H](CO)Cc1ccccc1. The van der Waals surface area contributed by atoms with Crippen LogP contribution in [0.4, 0.5) is 0 Å². The summed E-state index contributed by atoms with van der Waals surface area (Å²) in [6.45, 7) is -0.141. The molecule has 4 rings (SSSR count). The molecule has 212 valence electrons. The van der Waals surface area contributed by atoms with Gasteiger partial charge in [-0.1, -0.05) is 60.7 Å². The van der Waals surface area contributed by atoms with E-state index in [1.165, 1.54) is 0 Å². The van der Waals surface area contributed by atoms with Crippen molar-refractivity contribution in [2.45, 2.75) is 63.5 Å². The molecule has 40 heavy (non-hydrogen) atoms. The van der Waals surface area contributed by atoms with Crippen molar-refractivity contribution >= 4 is 28.7 Å². The molecule has 1 aromatic heterocycles. The highest BCUT2D eigenvalue weighted by Gasteiger charge is 2.26. The van der Waals surface area contributed by atoms with Gasteiger partial charge < -0.3 is 25.5 Å². The number of nitrogens with one attached hydrogen (secondary N) is 3. The first-order chi connectivity index (χ1) is 19.5. The number of aliphatic hydroxyl groups excluding tert-OH is 1. The number of H-pyrrole nitrogens is 1. The van der Waals surface area contributed by atoms with Crippen molar-refractivity contribution in [3.8, 4) is 0 Å². The fourth-order valence-corrected chi connectivity index (χ4v) is 5.07. The van der Waals surface area contributed by atoms with Crippen LogP contribution < -0.4 is 10.6 Å². The molecular weight excluding hydrogens is 506 g/mol. The second-order valence-corrected chi connectivity index (χ2v) is 10.4. The molecule has 0 saturated heterocycles. The number of aliphatic hydroxyl groups is 1. The summed E-state index contributed by atoms with van der Waals surface area (Å²) in [6, 6.07) is 16.7. The number of carbonyl (C=O) groups is 3. The number of allylic oxidation sites excluding steroid dienone is 2. The monoisotopic (exact) mass is 545 g/mol. The van der Waals surface area contributed by atoms with E-state index in [4.69, 9.17) is 4.74 Å². The van der Waals surface area contributed by atoms with Crippen LogP contribution in [0.1, 0.15) is 49.7 Å². The Morgan fingerprint density at radius 2 is 1.85 bits per heavy atom. The van der Waals surface area contributed by atoms with Gasteiger partial charge in [-0.25, -0.2) is 0 Å². The number of benzene rings is 2. The van der Waals surface area contributed by atoms with Gasteiger partial charge in [-0.15, -0.1) is 0 Å². The smallest absolute Gasteiger partial charge is 0.305 e. The number of hydrogen-bond acceptors (Lipinski definition) is 5. The molecule has 2 amide bonds. The molecule has 2 heterocycles. The molecule has 4 N–H and O–H groups in total. The van der Waals surface area contributed by atoms with Gasteiger partial charge in [-0.05, 0) is 55.7 Å². The number of carbonyl (C=O) groups excluding carboxylic acids is 3. The zero-order chi connectivity index (χ0) is 28.2. The predicted octanol–water partition coefficient (Wildman–Crippen LogP) is 3.98. The molecule has 3 aromatic rings. The normalized spacial score (nSPS) is 19.8. The van der Waals surface area contributed by atoms with Crippen LogP contribution in [0.5, 0.6) is 0 Å². The summed E-state index contributed by atoms with van der Waals surface area (Å²) in [4.78, 5) is 42.1. The zero-order valence-electron chi connectivity index (χ0n) is 22.8. The Morgan fingerprint density at radius 1 is 1.05 bits per heavy atom. The number of esters is 1. The van der Waals surface area contributed by atoms with Crippen LogP contribution in [-0.2, 0) is 32.0 Å². The molecule has 1 aliphatic rings. The van der Waals surface area contributed by atoms with Gasteiger partial charge in [0.1, 0.15) is 6.61 Å². The van der Waals surface area contributed by atoms with Crippen LogP contribution >= 0.6 is 0 Å². The van der Waals surface area contributed by atoms with Gasteiger partial charge in [-0.3, -0.25) is 14.4 Å². The van der Waals surface area contributed by atoms with Crippen LogP contribution in [0.3, 0.4) is 0 Å². The van der Waals surface area contributed by atoms with Gasteiger partial charge in [-0.2, -0.15) is 0 Å². The number of aromatic nitrogens is 1. The third-order valence-corrected chi connectivity index (χ3v) is 7.24. The number of cyclic esters (lactones) is 1. The lowest BCUT2D eigenvalue weighted by atomic mass is 9.97. The standard InChI is InChI=1S/C32H39N3O5/c36-21-26(17-23-11-5-4-6-12-23)34-30(37)19-24-13-7-2-1-3-8-16-31(38)40-22-27(35-32(24)39)18-25-20-33-29-15-10-9-14-28(25)29/h2,4-7,9-12,14-15,20,24,26-27,33,36H,1,3,8,13,16-19,21-22H2,(H,34,37)(H,35,39)/t24-,26-,27+/m1/s1. The maximum atomic E-state index is 13.5. The van der Waals surface area contributed by atoms with E-state index in [2.05, 4.69) is 15.6 Å². The van der Waals surface area contributed by atoms with E-state index >= 15 is 0 Å². The quantitative estimate of drug-likeness (QED) is 0.252. The second kappa shape index (κ2) is 15.0. The summed E-state index contributed by atoms with van der Waals surface area (Å²) < 4.78 is 5.56. The van der Waals surface area contributed by atoms with Crippen molar-refractivity contribution in [3.05, 3.63) is 84.1 Å². The third-order valence-electron chi connectivity index (χ3n) is 7.24. The molecule has 0 unspecified atom stereocenters. The Morgan fingerprint density at radius 3 is 2.67 bits per heavy atom. The first-order valence-electron chi connectivity index (χ1n) is 14.1. The lowest BCUT2D eigenvalue weighted by molar-refractivity contribution is -0.145. The van der Waals surface area contributed by atoms with E-state index in [9.17, 15) is 19.5 Å². The number of aromatic amines is 1. The first kappa shape index (κ1) is 29.1. The Bertz CT molecular complexity index is 1290. The molecule has 8 heteroatoms. The van der Waals surface area contributed by atoms with E-state index in [0.717, 1.165) is 41.3 Å². The summed E-state index contributed by atoms with van der Waals surface area (Å²) in [5.74, 6) is -1.43. The Kier molecular flexibility index (Phi) is 10.9. The Hall–Kier alpha value is -3.91. The molecule has 0 bridgehead atoms.